The van der Waals surface area contributed by atoms with Crippen molar-refractivity contribution in [3.05, 3.63) is 18.2 Å². The Bertz CT molecular complexity index is 395. The number of hydrogen-bond donors (Lipinski definition) is 1. The fourth-order valence-electron chi connectivity index (χ4n) is 1.53. The molecule has 1 heterocycles. The summed E-state index contributed by atoms with van der Waals surface area (Å²) < 4.78 is 16.9. The molecule has 0 amide bonds. The van der Waals surface area contributed by atoms with Crippen molar-refractivity contribution in [3.63, 3.8) is 0 Å². The van der Waals surface area contributed by atoms with E-state index in [1.165, 1.54) is 0 Å². The van der Waals surface area contributed by atoms with Gasteiger partial charge in [-0.1, -0.05) is 0 Å². The molecule has 4 heteroatoms. The van der Waals surface area contributed by atoms with Gasteiger partial charge in [-0.15, -0.1) is 0 Å². The third-order valence-electron chi connectivity index (χ3n) is 2.35. The van der Waals surface area contributed by atoms with Crippen molar-refractivity contribution in [2.75, 3.05) is 13.2 Å². The normalized spacial score (nSPS) is 19.1. The SMILES string of the molecule is CC(C)(C)OC[C@@H]1COc2cc(O)ccc2O1. The van der Waals surface area contributed by atoms with Crippen LogP contribution in [0.2, 0.25) is 0 Å². The number of fused-ring (bicyclic) bond motifs is 1. The number of ether oxygens (including phenoxy) is 3. The van der Waals surface area contributed by atoms with E-state index >= 15 is 0 Å². The third-order valence-corrected chi connectivity index (χ3v) is 2.35. The van der Waals surface area contributed by atoms with Gasteiger partial charge in [0.15, 0.2) is 17.6 Å². The predicted octanol–water partition coefficient (Wildman–Crippen LogP) is 2.35. The van der Waals surface area contributed by atoms with E-state index < -0.39 is 0 Å². The molecule has 1 aliphatic rings. The molecule has 0 fully saturated rings. The molecule has 0 bridgehead atoms. The van der Waals surface area contributed by atoms with Crippen LogP contribution in [0.1, 0.15) is 20.8 Å². The molecule has 1 aliphatic heterocycles. The first kappa shape index (κ1) is 12.0. The van der Waals surface area contributed by atoms with Crippen LogP contribution in [0.3, 0.4) is 0 Å². The molecule has 0 saturated carbocycles. The maximum Gasteiger partial charge on any atom is 0.165 e. The molecule has 0 aliphatic carbocycles. The first-order chi connectivity index (χ1) is 7.94. The fourth-order valence-corrected chi connectivity index (χ4v) is 1.53. The Hall–Kier alpha value is -1.42. The summed E-state index contributed by atoms with van der Waals surface area (Å²) >= 11 is 0. The lowest BCUT2D eigenvalue weighted by atomic mass is 10.2. The Morgan fingerprint density at radius 2 is 2.12 bits per heavy atom. The monoisotopic (exact) mass is 238 g/mol. The van der Waals surface area contributed by atoms with Gasteiger partial charge in [0.05, 0.1) is 12.2 Å². The van der Waals surface area contributed by atoms with Gasteiger partial charge in [-0.25, -0.2) is 0 Å². The lowest BCUT2D eigenvalue weighted by molar-refractivity contribution is -0.0583. The van der Waals surface area contributed by atoms with Gasteiger partial charge >= 0.3 is 0 Å². The smallest absolute Gasteiger partial charge is 0.165 e. The van der Waals surface area contributed by atoms with E-state index in [1.54, 1.807) is 18.2 Å². The molecular weight excluding hydrogens is 220 g/mol. The van der Waals surface area contributed by atoms with Crippen LogP contribution in [-0.4, -0.2) is 30.0 Å². The third kappa shape index (κ3) is 3.27. The van der Waals surface area contributed by atoms with Crippen LogP contribution < -0.4 is 9.47 Å². The second-order valence-electron chi connectivity index (χ2n) is 5.11. The summed E-state index contributed by atoms with van der Waals surface area (Å²) in [5, 5.41) is 9.30. The van der Waals surface area contributed by atoms with Crippen LogP contribution in [0.25, 0.3) is 0 Å². The zero-order valence-corrected chi connectivity index (χ0v) is 10.4. The Balaban J connectivity index is 1.97. The standard InChI is InChI=1S/C13H18O4/c1-13(2,3)16-8-10-7-15-12-6-9(14)4-5-11(12)17-10/h4-6,10,14H,7-8H2,1-3H3/t10-/m0/s1. The van der Waals surface area contributed by atoms with E-state index in [9.17, 15) is 5.11 Å². The Morgan fingerprint density at radius 1 is 1.35 bits per heavy atom. The summed E-state index contributed by atoms with van der Waals surface area (Å²) in [6.07, 6.45) is -0.105. The largest absolute Gasteiger partial charge is 0.508 e. The van der Waals surface area contributed by atoms with Crippen LogP contribution in [0.4, 0.5) is 0 Å². The maximum atomic E-state index is 9.30. The molecule has 4 nitrogen and oxygen atoms in total. The molecule has 1 aromatic rings. The highest BCUT2D eigenvalue weighted by atomic mass is 16.6. The van der Waals surface area contributed by atoms with Crippen LogP contribution in [0, 0.1) is 0 Å². The van der Waals surface area contributed by atoms with E-state index in [0.29, 0.717) is 24.7 Å². The molecule has 17 heavy (non-hydrogen) atoms. The predicted molar refractivity (Wildman–Crippen MR) is 63.7 cm³/mol. The van der Waals surface area contributed by atoms with E-state index in [1.807, 2.05) is 20.8 Å². The minimum Gasteiger partial charge on any atom is -0.508 e. The minimum atomic E-state index is -0.182. The number of phenolic OH excluding ortho intramolecular Hbond substituents is 1. The van der Waals surface area contributed by atoms with Crippen molar-refractivity contribution < 1.29 is 19.3 Å². The molecule has 0 radical (unpaired) electrons. The van der Waals surface area contributed by atoms with Crippen molar-refractivity contribution in [1.29, 1.82) is 0 Å². The highest BCUT2D eigenvalue weighted by molar-refractivity contribution is 5.45. The minimum absolute atomic E-state index is 0.105. The van der Waals surface area contributed by atoms with Gasteiger partial charge in [0.25, 0.3) is 0 Å². The molecule has 1 N–H and O–H groups in total. The zero-order chi connectivity index (χ0) is 12.5. The van der Waals surface area contributed by atoms with Crippen molar-refractivity contribution in [3.8, 4) is 17.2 Å². The van der Waals surface area contributed by atoms with Gasteiger partial charge in [0, 0.05) is 6.07 Å². The van der Waals surface area contributed by atoms with Crippen LogP contribution in [0.5, 0.6) is 17.2 Å². The fraction of sp³-hybridized carbons (Fsp3) is 0.538. The van der Waals surface area contributed by atoms with Crippen molar-refractivity contribution in [2.45, 2.75) is 32.5 Å². The summed E-state index contributed by atoms with van der Waals surface area (Å²) in [4.78, 5) is 0. The molecule has 0 saturated heterocycles. The molecule has 1 atom stereocenters. The van der Waals surface area contributed by atoms with E-state index in [0.717, 1.165) is 0 Å². The van der Waals surface area contributed by atoms with Crippen LogP contribution in [-0.2, 0) is 4.74 Å². The molecule has 94 valence electrons. The Morgan fingerprint density at radius 3 is 2.82 bits per heavy atom. The topological polar surface area (TPSA) is 47.9 Å². The van der Waals surface area contributed by atoms with Crippen LogP contribution >= 0.6 is 0 Å². The first-order valence-corrected chi connectivity index (χ1v) is 5.70. The summed E-state index contributed by atoms with van der Waals surface area (Å²) in [5.41, 5.74) is -0.182. The van der Waals surface area contributed by atoms with Gasteiger partial charge in [-0.05, 0) is 32.9 Å². The van der Waals surface area contributed by atoms with Crippen molar-refractivity contribution in [1.82, 2.24) is 0 Å². The molecular formula is C13H18O4. The summed E-state index contributed by atoms with van der Waals surface area (Å²) in [6.45, 7) is 6.93. The number of hydrogen-bond acceptors (Lipinski definition) is 4. The van der Waals surface area contributed by atoms with Gasteiger partial charge in [0.2, 0.25) is 0 Å². The molecule has 0 aromatic heterocycles. The second kappa shape index (κ2) is 4.45. The lowest BCUT2D eigenvalue weighted by Gasteiger charge is -2.29. The average Bonchev–Trinajstić information content (AvgIpc) is 2.25. The van der Waals surface area contributed by atoms with Gasteiger partial charge < -0.3 is 19.3 Å². The number of aromatic hydroxyl groups is 1. The van der Waals surface area contributed by atoms with Crippen LogP contribution in [0.15, 0.2) is 18.2 Å². The summed E-state index contributed by atoms with van der Waals surface area (Å²) in [7, 11) is 0. The van der Waals surface area contributed by atoms with Crippen molar-refractivity contribution >= 4 is 0 Å². The number of phenols is 1. The molecule has 2 rings (SSSR count). The average molecular weight is 238 g/mol. The van der Waals surface area contributed by atoms with Gasteiger partial charge in [-0.2, -0.15) is 0 Å². The van der Waals surface area contributed by atoms with E-state index in [2.05, 4.69) is 0 Å². The second-order valence-corrected chi connectivity index (χ2v) is 5.11. The lowest BCUT2D eigenvalue weighted by Crippen LogP contribution is -2.36. The highest BCUT2D eigenvalue weighted by Gasteiger charge is 2.23. The quantitative estimate of drug-likeness (QED) is 0.859. The molecule has 1 aromatic carbocycles. The van der Waals surface area contributed by atoms with E-state index in [4.69, 9.17) is 14.2 Å². The first-order valence-electron chi connectivity index (χ1n) is 5.70. The summed E-state index contributed by atoms with van der Waals surface area (Å²) in [6, 6.07) is 4.83. The zero-order valence-electron chi connectivity index (χ0n) is 10.4. The Labute approximate surface area is 101 Å². The van der Waals surface area contributed by atoms with Gasteiger partial charge in [0.1, 0.15) is 12.4 Å². The van der Waals surface area contributed by atoms with Crippen molar-refractivity contribution in [2.24, 2.45) is 0 Å². The summed E-state index contributed by atoms with van der Waals surface area (Å²) in [5.74, 6) is 1.41. The molecule has 0 spiro atoms. The number of rotatable bonds is 2. The maximum absolute atomic E-state index is 9.30. The highest BCUT2D eigenvalue weighted by Crippen LogP contribution is 2.34. The number of benzene rings is 1. The van der Waals surface area contributed by atoms with Gasteiger partial charge in [-0.3, -0.25) is 0 Å². The Kier molecular flexibility index (Phi) is 3.15. The van der Waals surface area contributed by atoms with E-state index in [-0.39, 0.29) is 17.5 Å². The molecule has 0 unspecified atom stereocenters.